The predicted octanol–water partition coefficient (Wildman–Crippen LogP) is 2.25. The van der Waals surface area contributed by atoms with Gasteiger partial charge in [0.1, 0.15) is 0 Å². The monoisotopic (exact) mass is 311 g/mol. The van der Waals surface area contributed by atoms with Gasteiger partial charge in [-0.25, -0.2) is 0 Å². The first-order valence-corrected chi connectivity index (χ1v) is 7.40. The van der Waals surface area contributed by atoms with Gasteiger partial charge in [0.15, 0.2) is 0 Å². The highest BCUT2D eigenvalue weighted by Crippen LogP contribution is 2.46. The second-order valence-electron chi connectivity index (χ2n) is 5.02. The molecule has 0 saturated heterocycles. The van der Waals surface area contributed by atoms with E-state index in [-0.39, 0.29) is 11.3 Å². The molecule has 1 aromatic heterocycles. The molecule has 4 nitrogen and oxygen atoms in total. The first-order valence-electron chi connectivity index (χ1n) is 6.27. The number of halogens is 1. The third-order valence-electron chi connectivity index (χ3n) is 3.44. The maximum atomic E-state index is 12.2. The molecule has 98 valence electrons. The van der Waals surface area contributed by atoms with Crippen molar-refractivity contribution in [3.05, 3.63) is 23.0 Å². The Balaban J connectivity index is 2.06. The van der Waals surface area contributed by atoms with E-state index in [9.17, 15) is 4.79 Å². The Morgan fingerprint density at radius 3 is 2.78 bits per heavy atom. The molecule has 1 saturated carbocycles. The standard InChI is InChI=1S/C13H18BrN3O/c1-3-11-10(6-9(2)16-17-11)12(18)15-8-13(7-14)4-5-13/h6H,3-5,7-8H2,1-2H3,(H,15,18). The molecule has 0 unspecified atom stereocenters. The van der Waals surface area contributed by atoms with Crippen LogP contribution in [0.25, 0.3) is 0 Å². The van der Waals surface area contributed by atoms with Gasteiger partial charge in [-0.05, 0) is 37.7 Å². The number of aryl methyl sites for hydroxylation is 2. The van der Waals surface area contributed by atoms with E-state index in [2.05, 4.69) is 31.4 Å². The minimum Gasteiger partial charge on any atom is -0.351 e. The van der Waals surface area contributed by atoms with Crippen molar-refractivity contribution in [2.75, 3.05) is 11.9 Å². The average Bonchev–Trinajstić information content (AvgIpc) is 3.16. The number of hydrogen-bond donors (Lipinski definition) is 1. The van der Waals surface area contributed by atoms with Gasteiger partial charge in [0, 0.05) is 11.9 Å². The lowest BCUT2D eigenvalue weighted by atomic mass is 10.1. The summed E-state index contributed by atoms with van der Waals surface area (Å²) >= 11 is 3.51. The zero-order valence-electron chi connectivity index (χ0n) is 10.8. The van der Waals surface area contributed by atoms with E-state index in [0.29, 0.717) is 5.56 Å². The highest BCUT2D eigenvalue weighted by Gasteiger charge is 2.41. The number of rotatable bonds is 5. The van der Waals surface area contributed by atoms with E-state index >= 15 is 0 Å². The average molecular weight is 312 g/mol. The summed E-state index contributed by atoms with van der Waals surface area (Å²) in [4.78, 5) is 12.2. The molecule has 1 aliphatic rings. The molecule has 18 heavy (non-hydrogen) atoms. The predicted molar refractivity (Wildman–Crippen MR) is 73.9 cm³/mol. The van der Waals surface area contributed by atoms with Gasteiger partial charge in [-0.3, -0.25) is 4.79 Å². The Labute approximate surface area is 116 Å². The zero-order chi connectivity index (χ0) is 13.2. The maximum Gasteiger partial charge on any atom is 0.253 e. The normalized spacial score (nSPS) is 16.4. The summed E-state index contributed by atoms with van der Waals surface area (Å²) in [5.41, 5.74) is 2.49. The van der Waals surface area contributed by atoms with Gasteiger partial charge >= 0.3 is 0 Å². The minimum absolute atomic E-state index is 0.0305. The van der Waals surface area contributed by atoms with Gasteiger partial charge in [-0.1, -0.05) is 22.9 Å². The fraction of sp³-hybridized carbons (Fsp3) is 0.615. The van der Waals surface area contributed by atoms with Gasteiger partial charge < -0.3 is 5.32 Å². The maximum absolute atomic E-state index is 12.2. The summed E-state index contributed by atoms with van der Waals surface area (Å²) in [6.45, 7) is 4.57. The zero-order valence-corrected chi connectivity index (χ0v) is 12.4. The molecule has 0 bridgehead atoms. The number of alkyl halides is 1. The van der Waals surface area contributed by atoms with E-state index in [1.54, 1.807) is 0 Å². The molecule has 0 aliphatic heterocycles. The number of carbonyl (C=O) groups is 1. The summed E-state index contributed by atoms with van der Waals surface area (Å²) < 4.78 is 0. The van der Waals surface area contributed by atoms with Crippen LogP contribution in [-0.2, 0) is 6.42 Å². The van der Waals surface area contributed by atoms with E-state index in [1.807, 2.05) is 19.9 Å². The van der Waals surface area contributed by atoms with E-state index in [0.717, 1.165) is 29.7 Å². The van der Waals surface area contributed by atoms with Gasteiger partial charge in [0.2, 0.25) is 0 Å². The SMILES string of the molecule is CCc1nnc(C)cc1C(=O)NCC1(CBr)CC1. The molecule has 1 N–H and O–H groups in total. The van der Waals surface area contributed by atoms with Crippen molar-refractivity contribution < 1.29 is 4.79 Å². The molecule has 0 atom stereocenters. The fourth-order valence-electron chi connectivity index (χ4n) is 1.87. The van der Waals surface area contributed by atoms with Crippen LogP contribution < -0.4 is 5.32 Å². The summed E-state index contributed by atoms with van der Waals surface area (Å²) in [6.07, 6.45) is 3.10. The summed E-state index contributed by atoms with van der Waals surface area (Å²) in [6, 6.07) is 1.81. The van der Waals surface area contributed by atoms with Crippen molar-refractivity contribution in [1.29, 1.82) is 0 Å². The van der Waals surface area contributed by atoms with E-state index in [1.165, 1.54) is 12.8 Å². The van der Waals surface area contributed by atoms with Crippen molar-refractivity contribution in [3.8, 4) is 0 Å². The van der Waals surface area contributed by atoms with Crippen molar-refractivity contribution in [3.63, 3.8) is 0 Å². The molecule has 1 aromatic rings. The number of nitrogens with one attached hydrogen (secondary N) is 1. The van der Waals surface area contributed by atoms with Crippen LogP contribution >= 0.6 is 15.9 Å². The van der Waals surface area contributed by atoms with E-state index < -0.39 is 0 Å². The van der Waals surface area contributed by atoms with Crippen molar-refractivity contribution >= 4 is 21.8 Å². The Morgan fingerprint density at radius 2 is 2.22 bits per heavy atom. The Morgan fingerprint density at radius 1 is 1.50 bits per heavy atom. The topological polar surface area (TPSA) is 54.9 Å². The van der Waals surface area contributed by atoms with Crippen LogP contribution in [0.3, 0.4) is 0 Å². The molecule has 1 amide bonds. The van der Waals surface area contributed by atoms with Crippen LogP contribution in [0, 0.1) is 12.3 Å². The number of nitrogens with zero attached hydrogens (tertiary/aromatic N) is 2. The highest BCUT2D eigenvalue weighted by atomic mass is 79.9. The lowest BCUT2D eigenvalue weighted by Gasteiger charge is -2.13. The van der Waals surface area contributed by atoms with Crippen molar-refractivity contribution in [2.24, 2.45) is 5.41 Å². The Kier molecular flexibility index (Phi) is 4.00. The third-order valence-corrected chi connectivity index (χ3v) is 4.63. The molecule has 0 radical (unpaired) electrons. The van der Waals surface area contributed by atoms with Gasteiger partial charge in [-0.2, -0.15) is 10.2 Å². The quantitative estimate of drug-likeness (QED) is 0.849. The number of amides is 1. The van der Waals surface area contributed by atoms with Gasteiger partial charge in [0.25, 0.3) is 5.91 Å². The molecule has 1 aliphatic carbocycles. The number of hydrogen-bond acceptors (Lipinski definition) is 3. The Hall–Kier alpha value is -0.970. The largest absolute Gasteiger partial charge is 0.351 e. The first kappa shape index (κ1) is 13.5. The number of carbonyl (C=O) groups excluding carboxylic acids is 1. The molecular weight excluding hydrogens is 294 g/mol. The first-order chi connectivity index (χ1) is 8.60. The highest BCUT2D eigenvalue weighted by molar-refractivity contribution is 9.09. The van der Waals surface area contributed by atoms with Crippen LogP contribution in [-0.4, -0.2) is 28.0 Å². The second-order valence-corrected chi connectivity index (χ2v) is 5.58. The second kappa shape index (κ2) is 5.34. The van der Waals surface area contributed by atoms with Crippen LogP contribution in [0.5, 0.6) is 0 Å². The van der Waals surface area contributed by atoms with Crippen LogP contribution in [0.1, 0.15) is 41.5 Å². The summed E-state index contributed by atoms with van der Waals surface area (Å²) in [5.74, 6) is -0.0305. The lowest BCUT2D eigenvalue weighted by molar-refractivity contribution is 0.0945. The molecule has 0 aromatic carbocycles. The van der Waals surface area contributed by atoms with Gasteiger partial charge in [0.05, 0.1) is 17.0 Å². The third kappa shape index (κ3) is 2.88. The van der Waals surface area contributed by atoms with Crippen molar-refractivity contribution in [2.45, 2.75) is 33.1 Å². The van der Waals surface area contributed by atoms with Gasteiger partial charge in [-0.15, -0.1) is 0 Å². The summed E-state index contributed by atoms with van der Waals surface area (Å²) in [5, 5.41) is 12.0. The Bertz CT molecular complexity index is 458. The summed E-state index contributed by atoms with van der Waals surface area (Å²) in [7, 11) is 0. The molecule has 0 spiro atoms. The van der Waals surface area contributed by atoms with Crippen molar-refractivity contribution in [1.82, 2.24) is 15.5 Å². The molecule has 5 heteroatoms. The molecule has 2 rings (SSSR count). The van der Waals surface area contributed by atoms with Crippen LogP contribution in [0.4, 0.5) is 0 Å². The van der Waals surface area contributed by atoms with Crippen LogP contribution in [0.15, 0.2) is 6.07 Å². The lowest BCUT2D eigenvalue weighted by Crippen LogP contribution is -2.31. The smallest absolute Gasteiger partial charge is 0.253 e. The van der Waals surface area contributed by atoms with E-state index in [4.69, 9.17) is 0 Å². The minimum atomic E-state index is -0.0305. The molecule has 1 heterocycles. The number of aromatic nitrogens is 2. The van der Waals surface area contributed by atoms with Crippen LogP contribution in [0.2, 0.25) is 0 Å². The molecule has 1 fully saturated rings. The fourth-order valence-corrected chi connectivity index (χ4v) is 2.63. The molecular formula is C13H18BrN3O.